The van der Waals surface area contributed by atoms with Crippen molar-refractivity contribution in [3.63, 3.8) is 0 Å². The molecule has 1 aromatic carbocycles. The third kappa shape index (κ3) is 2.45. The van der Waals surface area contributed by atoms with Crippen LogP contribution in [0.25, 0.3) is 0 Å². The van der Waals surface area contributed by atoms with Crippen molar-refractivity contribution in [2.24, 2.45) is 0 Å². The molecule has 0 aliphatic rings. The molecule has 1 N–H and O–H groups in total. The summed E-state index contributed by atoms with van der Waals surface area (Å²) < 4.78 is 0. The predicted molar refractivity (Wildman–Crippen MR) is 56.1 cm³/mol. The highest BCUT2D eigenvalue weighted by Crippen LogP contribution is 2.26. The number of benzene rings is 1. The molecule has 2 heteroatoms. The summed E-state index contributed by atoms with van der Waals surface area (Å²) in [6.45, 7) is 4.00. The Morgan fingerprint density at radius 1 is 1.46 bits per heavy atom. The van der Waals surface area contributed by atoms with Gasteiger partial charge in [0.2, 0.25) is 0 Å². The highest BCUT2D eigenvalue weighted by molar-refractivity contribution is 6.31. The van der Waals surface area contributed by atoms with Crippen LogP contribution in [-0.2, 0) is 0 Å². The number of aliphatic hydroxyl groups is 1. The molecule has 72 valence electrons. The standard InChI is InChI=1S/C11H15ClO/c1-3-5-11(13)9-6-4-7-10(12)8(9)2/h4,6-7,11,13H,3,5H2,1-2H3/t11-/m0/s1. The first kappa shape index (κ1) is 10.6. The zero-order chi connectivity index (χ0) is 9.84. The molecule has 1 aromatic rings. The van der Waals surface area contributed by atoms with Crippen molar-refractivity contribution in [3.8, 4) is 0 Å². The maximum absolute atomic E-state index is 9.77. The van der Waals surface area contributed by atoms with Gasteiger partial charge in [0.1, 0.15) is 0 Å². The number of hydrogen-bond donors (Lipinski definition) is 1. The van der Waals surface area contributed by atoms with Crippen LogP contribution in [0.2, 0.25) is 5.02 Å². The van der Waals surface area contributed by atoms with E-state index in [1.807, 2.05) is 25.1 Å². The molecule has 1 atom stereocenters. The zero-order valence-corrected chi connectivity index (χ0v) is 8.80. The maximum Gasteiger partial charge on any atom is 0.0793 e. The fourth-order valence-electron chi connectivity index (χ4n) is 1.41. The minimum absolute atomic E-state index is 0.372. The van der Waals surface area contributed by atoms with Crippen LogP contribution in [0.4, 0.5) is 0 Å². The second kappa shape index (κ2) is 4.64. The SMILES string of the molecule is CCC[C@H](O)c1cccc(Cl)c1C. The number of aliphatic hydroxyl groups excluding tert-OH is 1. The zero-order valence-electron chi connectivity index (χ0n) is 8.05. The normalized spacial score (nSPS) is 12.9. The third-order valence-corrected chi connectivity index (χ3v) is 2.64. The summed E-state index contributed by atoms with van der Waals surface area (Å²) in [5.74, 6) is 0. The van der Waals surface area contributed by atoms with E-state index in [1.165, 1.54) is 0 Å². The highest BCUT2D eigenvalue weighted by Gasteiger charge is 2.10. The monoisotopic (exact) mass is 198 g/mol. The lowest BCUT2D eigenvalue weighted by atomic mass is 10.0. The Bertz CT molecular complexity index is 283. The van der Waals surface area contributed by atoms with Gasteiger partial charge in [0.25, 0.3) is 0 Å². The van der Waals surface area contributed by atoms with Gasteiger partial charge in [-0.2, -0.15) is 0 Å². The van der Waals surface area contributed by atoms with Crippen molar-refractivity contribution in [2.75, 3.05) is 0 Å². The smallest absolute Gasteiger partial charge is 0.0793 e. The van der Waals surface area contributed by atoms with Crippen LogP contribution in [-0.4, -0.2) is 5.11 Å². The van der Waals surface area contributed by atoms with E-state index in [2.05, 4.69) is 6.92 Å². The van der Waals surface area contributed by atoms with E-state index in [-0.39, 0.29) is 6.10 Å². The Hall–Kier alpha value is -0.530. The number of rotatable bonds is 3. The Morgan fingerprint density at radius 2 is 2.15 bits per heavy atom. The summed E-state index contributed by atoms with van der Waals surface area (Å²) in [5, 5.41) is 10.5. The van der Waals surface area contributed by atoms with Crippen molar-refractivity contribution < 1.29 is 5.11 Å². The summed E-state index contributed by atoms with van der Waals surface area (Å²) in [6.07, 6.45) is 1.40. The topological polar surface area (TPSA) is 20.2 Å². The van der Waals surface area contributed by atoms with Gasteiger partial charge in [-0.3, -0.25) is 0 Å². The van der Waals surface area contributed by atoms with Crippen LogP contribution < -0.4 is 0 Å². The van der Waals surface area contributed by atoms with Gasteiger partial charge in [-0.15, -0.1) is 0 Å². The molecule has 0 saturated heterocycles. The lowest BCUT2D eigenvalue weighted by molar-refractivity contribution is 0.166. The minimum atomic E-state index is -0.372. The van der Waals surface area contributed by atoms with Gasteiger partial charge in [0.05, 0.1) is 6.10 Å². The molecule has 0 heterocycles. The van der Waals surface area contributed by atoms with E-state index in [9.17, 15) is 5.11 Å². The Kier molecular flexibility index (Phi) is 3.76. The van der Waals surface area contributed by atoms with Crippen LogP contribution in [0.1, 0.15) is 37.0 Å². The van der Waals surface area contributed by atoms with Crippen LogP contribution in [0.5, 0.6) is 0 Å². The fourth-order valence-corrected chi connectivity index (χ4v) is 1.60. The first-order valence-electron chi connectivity index (χ1n) is 4.60. The summed E-state index contributed by atoms with van der Waals surface area (Å²) in [5.41, 5.74) is 1.94. The predicted octanol–water partition coefficient (Wildman–Crippen LogP) is 3.48. The molecule has 0 bridgehead atoms. The van der Waals surface area contributed by atoms with Gasteiger partial charge in [0, 0.05) is 5.02 Å². The van der Waals surface area contributed by atoms with Crippen LogP contribution in [0.3, 0.4) is 0 Å². The maximum atomic E-state index is 9.77. The molecule has 13 heavy (non-hydrogen) atoms. The largest absolute Gasteiger partial charge is 0.388 e. The van der Waals surface area contributed by atoms with Crippen molar-refractivity contribution in [1.82, 2.24) is 0 Å². The fraction of sp³-hybridized carbons (Fsp3) is 0.455. The quantitative estimate of drug-likeness (QED) is 0.789. The lowest BCUT2D eigenvalue weighted by Crippen LogP contribution is -1.99. The van der Waals surface area contributed by atoms with Gasteiger partial charge in [-0.05, 0) is 30.5 Å². The summed E-state index contributed by atoms with van der Waals surface area (Å²) >= 11 is 5.95. The second-order valence-corrected chi connectivity index (χ2v) is 3.67. The van der Waals surface area contributed by atoms with Gasteiger partial charge in [-0.1, -0.05) is 37.1 Å². The van der Waals surface area contributed by atoms with E-state index in [1.54, 1.807) is 0 Å². The number of halogens is 1. The molecule has 0 spiro atoms. The van der Waals surface area contributed by atoms with Crippen LogP contribution >= 0.6 is 11.6 Å². The van der Waals surface area contributed by atoms with Gasteiger partial charge < -0.3 is 5.11 Å². The van der Waals surface area contributed by atoms with Crippen LogP contribution in [0, 0.1) is 6.92 Å². The minimum Gasteiger partial charge on any atom is -0.388 e. The Labute approximate surface area is 84.4 Å². The third-order valence-electron chi connectivity index (χ3n) is 2.23. The van der Waals surface area contributed by atoms with Crippen molar-refractivity contribution in [3.05, 3.63) is 34.3 Å². The van der Waals surface area contributed by atoms with Gasteiger partial charge in [0.15, 0.2) is 0 Å². The van der Waals surface area contributed by atoms with Crippen molar-refractivity contribution >= 4 is 11.6 Å². The molecule has 0 aliphatic carbocycles. The molecule has 0 aliphatic heterocycles. The Morgan fingerprint density at radius 3 is 2.77 bits per heavy atom. The lowest BCUT2D eigenvalue weighted by Gasteiger charge is -2.13. The van der Waals surface area contributed by atoms with Gasteiger partial charge >= 0.3 is 0 Å². The molecule has 1 rings (SSSR count). The first-order valence-corrected chi connectivity index (χ1v) is 4.97. The van der Waals surface area contributed by atoms with Crippen LogP contribution in [0.15, 0.2) is 18.2 Å². The molecule has 0 fully saturated rings. The second-order valence-electron chi connectivity index (χ2n) is 3.26. The van der Waals surface area contributed by atoms with Crippen molar-refractivity contribution in [2.45, 2.75) is 32.8 Å². The van der Waals surface area contributed by atoms with E-state index in [4.69, 9.17) is 11.6 Å². The molecule has 0 amide bonds. The average molecular weight is 199 g/mol. The molecular formula is C11H15ClO. The number of hydrogen-bond acceptors (Lipinski definition) is 1. The van der Waals surface area contributed by atoms with E-state index >= 15 is 0 Å². The summed E-state index contributed by atoms with van der Waals surface area (Å²) in [4.78, 5) is 0. The van der Waals surface area contributed by atoms with E-state index in [0.29, 0.717) is 0 Å². The molecule has 0 unspecified atom stereocenters. The summed E-state index contributed by atoms with van der Waals surface area (Å²) in [6, 6.07) is 5.66. The van der Waals surface area contributed by atoms with E-state index < -0.39 is 0 Å². The summed E-state index contributed by atoms with van der Waals surface area (Å²) in [7, 11) is 0. The molecule has 0 saturated carbocycles. The first-order chi connectivity index (χ1) is 6.16. The van der Waals surface area contributed by atoms with Gasteiger partial charge in [-0.25, -0.2) is 0 Å². The molecular weight excluding hydrogens is 184 g/mol. The Balaban J connectivity index is 2.93. The molecule has 0 radical (unpaired) electrons. The molecule has 1 nitrogen and oxygen atoms in total. The van der Waals surface area contributed by atoms with E-state index in [0.717, 1.165) is 29.0 Å². The van der Waals surface area contributed by atoms with Crippen molar-refractivity contribution in [1.29, 1.82) is 0 Å². The highest BCUT2D eigenvalue weighted by atomic mass is 35.5. The average Bonchev–Trinajstić information content (AvgIpc) is 2.10. The molecule has 0 aromatic heterocycles.